The lowest BCUT2D eigenvalue weighted by Crippen LogP contribution is -2.32. The van der Waals surface area contributed by atoms with Gasteiger partial charge >= 0.3 is 0 Å². The zero-order chi connectivity index (χ0) is 19.7. The first-order chi connectivity index (χ1) is 13.6. The number of ketones is 1. The number of Topliss-reactive ketones (excluding diaryl/α,β-unsaturated/α-hetero) is 1. The summed E-state index contributed by atoms with van der Waals surface area (Å²) in [6.45, 7) is 2.13. The first-order valence-corrected chi connectivity index (χ1v) is 10.7. The van der Waals surface area contributed by atoms with E-state index in [0.29, 0.717) is 28.5 Å². The van der Waals surface area contributed by atoms with Gasteiger partial charge in [-0.25, -0.2) is 4.98 Å². The SMILES string of the molecule is CCCCSc1nc2c(c(=O)[nH]1)C(c1ccc(O)cc1)C1=C(CCCC1=O)N2. The number of carbonyl (C=O) groups is 1. The lowest BCUT2D eigenvalue weighted by molar-refractivity contribution is -0.116. The highest BCUT2D eigenvalue weighted by molar-refractivity contribution is 7.99. The van der Waals surface area contributed by atoms with Crippen LogP contribution in [0.5, 0.6) is 5.75 Å². The van der Waals surface area contributed by atoms with Gasteiger partial charge in [0.1, 0.15) is 11.6 Å². The number of aromatic amines is 1. The van der Waals surface area contributed by atoms with Gasteiger partial charge in [0.05, 0.1) is 5.56 Å². The van der Waals surface area contributed by atoms with Crippen molar-refractivity contribution in [3.63, 3.8) is 0 Å². The van der Waals surface area contributed by atoms with Gasteiger partial charge in [-0.3, -0.25) is 9.59 Å². The quantitative estimate of drug-likeness (QED) is 0.402. The van der Waals surface area contributed by atoms with E-state index in [4.69, 9.17) is 0 Å². The molecule has 7 heteroatoms. The maximum absolute atomic E-state index is 13.0. The molecule has 0 bridgehead atoms. The second kappa shape index (κ2) is 7.83. The minimum atomic E-state index is -0.467. The van der Waals surface area contributed by atoms with Crippen LogP contribution in [0.25, 0.3) is 0 Å². The number of H-pyrrole nitrogens is 1. The third kappa shape index (κ3) is 3.46. The molecule has 146 valence electrons. The lowest BCUT2D eigenvalue weighted by atomic mass is 9.76. The summed E-state index contributed by atoms with van der Waals surface area (Å²) < 4.78 is 0. The summed E-state index contributed by atoms with van der Waals surface area (Å²) in [6, 6.07) is 6.71. The van der Waals surface area contributed by atoms with Crippen LogP contribution in [0.1, 0.15) is 56.1 Å². The zero-order valence-corrected chi connectivity index (χ0v) is 16.6. The summed E-state index contributed by atoms with van der Waals surface area (Å²) in [4.78, 5) is 33.3. The average Bonchev–Trinajstić information content (AvgIpc) is 2.67. The fourth-order valence-electron chi connectivity index (χ4n) is 3.82. The number of nitrogens with one attached hydrogen (secondary N) is 2. The number of hydrogen-bond acceptors (Lipinski definition) is 6. The predicted octanol–water partition coefficient (Wildman–Crippen LogP) is 3.93. The molecule has 0 saturated heterocycles. The number of phenols is 1. The molecular weight excluding hydrogens is 374 g/mol. The van der Waals surface area contributed by atoms with E-state index < -0.39 is 5.92 Å². The van der Waals surface area contributed by atoms with E-state index in [1.165, 1.54) is 11.8 Å². The Labute approximate surface area is 167 Å². The fourth-order valence-corrected chi connectivity index (χ4v) is 4.77. The van der Waals surface area contributed by atoms with Crippen molar-refractivity contribution in [2.24, 2.45) is 0 Å². The van der Waals surface area contributed by atoms with E-state index in [9.17, 15) is 14.7 Å². The molecule has 1 atom stereocenters. The van der Waals surface area contributed by atoms with Crippen molar-refractivity contribution in [2.75, 3.05) is 11.1 Å². The molecule has 0 spiro atoms. The topological polar surface area (TPSA) is 95.1 Å². The second-order valence-electron chi connectivity index (χ2n) is 7.15. The number of rotatable bonds is 5. The molecule has 0 amide bonds. The highest BCUT2D eigenvalue weighted by Gasteiger charge is 2.37. The standard InChI is InChI=1S/C21H23N3O3S/c1-2-3-11-28-21-23-19-18(20(27)24-21)16(12-7-9-13(25)10-8-12)17-14(22-19)5-4-6-15(17)26/h7-10,16,25H,2-6,11H2,1H3,(H2,22,23,24,27). The minimum absolute atomic E-state index is 0.0678. The molecule has 2 heterocycles. The summed E-state index contributed by atoms with van der Waals surface area (Å²) in [6.07, 6.45) is 4.19. The van der Waals surface area contributed by atoms with Crippen LogP contribution in [0, 0.1) is 0 Å². The Morgan fingerprint density at radius 2 is 2.00 bits per heavy atom. The Bertz CT molecular complexity index is 995. The van der Waals surface area contributed by atoms with Gasteiger partial charge in [0.15, 0.2) is 10.9 Å². The number of phenolic OH excluding ortho intramolecular Hbond substituents is 1. The molecule has 4 rings (SSSR count). The molecule has 28 heavy (non-hydrogen) atoms. The maximum Gasteiger partial charge on any atom is 0.257 e. The summed E-state index contributed by atoms with van der Waals surface area (Å²) >= 11 is 1.54. The number of benzene rings is 1. The van der Waals surface area contributed by atoms with Crippen molar-refractivity contribution in [2.45, 2.75) is 50.1 Å². The second-order valence-corrected chi connectivity index (χ2v) is 8.24. The van der Waals surface area contributed by atoms with Crippen molar-refractivity contribution in [1.82, 2.24) is 9.97 Å². The van der Waals surface area contributed by atoms with Crippen LogP contribution >= 0.6 is 11.8 Å². The van der Waals surface area contributed by atoms with Crippen LogP contribution in [0.3, 0.4) is 0 Å². The van der Waals surface area contributed by atoms with E-state index in [1.54, 1.807) is 24.3 Å². The molecule has 2 aliphatic rings. The number of unbranched alkanes of at least 4 members (excludes halogenated alkanes) is 1. The summed E-state index contributed by atoms with van der Waals surface area (Å²) in [5.74, 6) is 1.18. The smallest absolute Gasteiger partial charge is 0.257 e. The number of thioether (sulfide) groups is 1. The van der Waals surface area contributed by atoms with Crippen molar-refractivity contribution in [1.29, 1.82) is 0 Å². The zero-order valence-electron chi connectivity index (χ0n) is 15.7. The van der Waals surface area contributed by atoms with Crippen LogP contribution in [-0.2, 0) is 4.79 Å². The number of allylic oxidation sites excluding steroid dienone is 2. The number of nitrogens with zero attached hydrogens (tertiary/aromatic N) is 1. The largest absolute Gasteiger partial charge is 0.508 e. The number of hydrogen-bond donors (Lipinski definition) is 3. The van der Waals surface area contributed by atoms with Gasteiger partial charge in [-0.15, -0.1) is 0 Å². The van der Waals surface area contributed by atoms with Crippen LogP contribution in [0.15, 0.2) is 45.5 Å². The molecule has 6 nitrogen and oxygen atoms in total. The summed E-state index contributed by atoms with van der Waals surface area (Å²) in [5.41, 5.74) is 2.58. The third-order valence-electron chi connectivity index (χ3n) is 5.20. The first-order valence-electron chi connectivity index (χ1n) is 9.67. The molecule has 0 radical (unpaired) electrons. The van der Waals surface area contributed by atoms with Crippen molar-refractivity contribution in [3.8, 4) is 5.75 Å². The van der Waals surface area contributed by atoms with E-state index in [-0.39, 0.29) is 17.1 Å². The molecular formula is C21H23N3O3S. The third-order valence-corrected chi connectivity index (χ3v) is 6.16. The lowest BCUT2D eigenvalue weighted by Gasteiger charge is -2.32. The van der Waals surface area contributed by atoms with Gasteiger partial charge in [0.2, 0.25) is 0 Å². The van der Waals surface area contributed by atoms with Gasteiger partial charge < -0.3 is 15.4 Å². The normalized spacial score (nSPS) is 18.5. The molecule has 1 unspecified atom stereocenters. The number of carbonyl (C=O) groups excluding carboxylic acids is 1. The number of anilines is 1. The van der Waals surface area contributed by atoms with Crippen molar-refractivity contribution in [3.05, 3.63) is 57.0 Å². The van der Waals surface area contributed by atoms with Crippen LogP contribution < -0.4 is 10.9 Å². The van der Waals surface area contributed by atoms with E-state index in [2.05, 4.69) is 22.2 Å². The van der Waals surface area contributed by atoms with E-state index >= 15 is 0 Å². The minimum Gasteiger partial charge on any atom is -0.508 e. The summed E-state index contributed by atoms with van der Waals surface area (Å²) in [5, 5.41) is 13.5. The van der Waals surface area contributed by atoms with Gasteiger partial charge in [-0.1, -0.05) is 37.2 Å². The molecule has 1 aliphatic heterocycles. The maximum atomic E-state index is 13.0. The molecule has 1 aliphatic carbocycles. The van der Waals surface area contributed by atoms with Crippen molar-refractivity contribution >= 4 is 23.4 Å². The van der Waals surface area contributed by atoms with E-state index in [0.717, 1.165) is 42.7 Å². The Morgan fingerprint density at radius 1 is 1.21 bits per heavy atom. The highest BCUT2D eigenvalue weighted by atomic mass is 32.2. The van der Waals surface area contributed by atoms with Crippen LogP contribution in [0.2, 0.25) is 0 Å². The highest BCUT2D eigenvalue weighted by Crippen LogP contribution is 2.43. The van der Waals surface area contributed by atoms with Gasteiger partial charge in [-0.05, 0) is 37.0 Å². The molecule has 0 saturated carbocycles. The van der Waals surface area contributed by atoms with Crippen LogP contribution in [-0.4, -0.2) is 26.6 Å². The fraction of sp³-hybridized carbons (Fsp3) is 0.381. The van der Waals surface area contributed by atoms with Gasteiger partial charge in [0.25, 0.3) is 5.56 Å². The van der Waals surface area contributed by atoms with Gasteiger partial charge in [0, 0.05) is 29.4 Å². The van der Waals surface area contributed by atoms with E-state index in [1.807, 2.05) is 0 Å². The molecule has 0 fully saturated rings. The predicted molar refractivity (Wildman–Crippen MR) is 110 cm³/mol. The molecule has 1 aromatic heterocycles. The number of fused-ring (bicyclic) bond motifs is 1. The number of aromatic hydroxyl groups is 1. The number of aromatic nitrogens is 2. The molecule has 1 aromatic carbocycles. The first kappa shape index (κ1) is 18.8. The van der Waals surface area contributed by atoms with Crippen LogP contribution in [0.4, 0.5) is 5.82 Å². The Hall–Kier alpha value is -2.54. The van der Waals surface area contributed by atoms with Gasteiger partial charge in [-0.2, -0.15) is 0 Å². The Balaban J connectivity index is 1.83. The average molecular weight is 398 g/mol. The summed E-state index contributed by atoms with van der Waals surface area (Å²) in [7, 11) is 0. The Kier molecular flexibility index (Phi) is 5.26. The van der Waals surface area contributed by atoms with Crippen molar-refractivity contribution < 1.29 is 9.90 Å². The molecule has 2 aromatic rings. The monoisotopic (exact) mass is 397 g/mol. The molecule has 3 N–H and O–H groups in total. The Morgan fingerprint density at radius 3 is 2.75 bits per heavy atom.